The van der Waals surface area contributed by atoms with E-state index in [2.05, 4.69) is 39.8 Å². The summed E-state index contributed by atoms with van der Waals surface area (Å²) in [6.45, 7) is 10.8. The van der Waals surface area contributed by atoms with Crippen LogP contribution in [-0.4, -0.2) is 47.2 Å². The van der Waals surface area contributed by atoms with E-state index in [0.717, 1.165) is 5.92 Å². The van der Waals surface area contributed by atoms with Crippen LogP contribution in [-0.2, 0) is 0 Å². The molecule has 1 aromatic rings. The fraction of sp³-hybridized carbons (Fsp3) is 0.800. The predicted molar refractivity (Wildman–Crippen MR) is 77.1 cm³/mol. The van der Waals surface area contributed by atoms with Gasteiger partial charge >= 0.3 is 0 Å². The monoisotopic (exact) mass is 262 g/mol. The Labute approximate surface area is 116 Å². The Kier molecular flexibility index (Phi) is 3.63. The quantitative estimate of drug-likeness (QED) is 0.901. The molecule has 1 N–H and O–H groups in total. The van der Waals surface area contributed by atoms with Gasteiger partial charge in [0.1, 0.15) is 0 Å². The molecule has 0 saturated carbocycles. The maximum Gasteiger partial charge on any atom is 0.0949 e. The number of imidazole rings is 1. The summed E-state index contributed by atoms with van der Waals surface area (Å²) < 4.78 is 2.30. The summed E-state index contributed by atoms with van der Waals surface area (Å²) in [6.07, 6.45) is 8.60. The highest BCUT2D eigenvalue weighted by Gasteiger charge is 2.34. The lowest BCUT2D eigenvalue weighted by atomic mass is 9.86. The van der Waals surface area contributed by atoms with Gasteiger partial charge in [-0.15, -0.1) is 0 Å². The third-order valence-corrected chi connectivity index (χ3v) is 4.97. The molecule has 4 nitrogen and oxygen atoms in total. The van der Waals surface area contributed by atoms with E-state index >= 15 is 0 Å². The van der Waals surface area contributed by atoms with E-state index in [4.69, 9.17) is 0 Å². The molecule has 2 fully saturated rings. The van der Waals surface area contributed by atoms with Gasteiger partial charge in [0.2, 0.25) is 0 Å². The molecule has 0 bridgehead atoms. The lowest BCUT2D eigenvalue weighted by molar-refractivity contribution is 0.0934. The molecule has 3 atom stereocenters. The van der Waals surface area contributed by atoms with E-state index in [9.17, 15) is 0 Å². The van der Waals surface area contributed by atoms with E-state index in [1.165, 1.54) is 45.6 Å². The van der Waals surface area contributed by atoms with Crippen molar-refractivity contribution in [2.45, 2.75) is 32.7 Å². The molecular weight excluding hydrogens is 236 g/mol. The fourth-order valence-corrected chi connectivity index (χ4v) is 3.66. The van der Waals surface area contributed by atoms with Crippen molar-refractivity contribution < 1.29 is 0 Å². The third kappa shape index (κ3) is 2.84. The highest BCUT2D eigenvalue weighted by Crippen LogP contribution is 2.31. The van der Waals surface area contributed by atoms with E-state index in [0.29, 0.717) is 11.5 Å². The number of likely N-dealkylation sites (tertiary alicyclic amines) is 1. The number of aromatic nitrogens is 2. The van der Waals surface area contributed by atoms with Gasteiger partial charge in [0.05, 0.1) is 6.33 Å². The molecule has 0 amide bonds. The molecule has 19 heavy (non-hydrogen) atoms. The van der Waals surface area contributed by atoms with Gasteiger partial charge < -0.3 is 14.8 Å². The Balaban J connectivity index is 1.65. The van der Waals surface area contributed by atoms with Gasteiger partial charge in [-0.2, -0.15) is 0 Å². The number of nitrogens with zero attached hydrogens (tertiary/aromatic N) is 3. The lowest BCUT2D eigenvalue weighted by Gasteiger charge is -2.41. The number of hydrogen-bond donors (Lipinski definition) is 1. The summed E-state index contributed by atoms with van der Waals surface area (Å²) >= 11 is 0. The molecule has 3 unspecified atom stereocenters. The Morgan fingerprint density at radius 2 is 2.37 bits per heavy atom. The zero-order chi connectivity index (χ0) is 13.3. The number of hydrogen-bond acceptors (Lipinski definition) is 3. The maximum absolute atomic E-state index is 4.21. The smallest absolute Gasteiger partial charge is 0.0949 e. The second-order valence-electron chi connectivity index (χ2n) is 6.82. The first-order valence-electron chi connectivity index (χ1n) is 7.57. The Morgan fingerprint density at radius 1 is 1.47 bits per heavy atom. The SMILES string of the molecule is CC1CCN(CC2(C)CCNC2)CC1n1ccnc1. The highest BCUT2D eigenvalue weighted by molar-refractivity contribution is 4.92. The van der Waals surface area contributed by atoms with Gasteiger partial charge in [0.15, 0.2) is 0 Å². The van der Waals surface area contributed by atoms with Crippen LogP contribution in [0.5, 0.6) is 0 Å². The normalized spacial score (nSPS) is 36.7. The standard InChI is InChI=1S/C15H26N4/c1-13-3-7-18(11-15(2)4-5-16-10-15)9-14(13)19-8-6-17-12-19/h6,8,12-14,16H,3-5,7,9-11H2,1-2H3. The van der Waals surface area contributed by atoms with Gasteiger partial charge in [-0.3, -0.25) is 0 Å². The molecule has 0 aliphatic carbocycles. The average Bonchev–Trinajstić information content (AvgIpc) is 3.03. The molecule has 3 rings (SSSR count). The van der Waals surface area contributed by atoms with E-state index in [1.54, 1.807) is 0 Å². The van der Waals surface area contributed by atoms with Crippen LogP contribution in [0.25, 0.3) is 0 Å². The van der Waals surface area contributed by atoms with Crippen LogP contribution >= 0.6 is 0 Å². The minimum atomic E-state index is 0.472. The summed E-state index contributed by atoms with van der Waals surface area (Å²) in [5.74, 6) is 0.750. The highest BCUT2D eigenvalue weighted by atomic mass is 15.2. The minimum Gasteiger partial charge on any atom is -0.333 e. The maximum atomic E-state index is 4.21. The first kappa shape index (κ1) is 13.1. The Bertz CT molecular complexity index is 394. The molecule has 1 aromatic heterocycles. The molecule has 4 heteroatoms. The van der Waals surface area contributed by atoms with Crippen molar-refractivity contribution in [3.05, 3.63) is 18.7 Å². The summed E-state index contributed by atoms with van der Waals surface area (Å²) in [7, 11) is 0. The second-order valence-corrected chi connectivity index (χ2v) is 6.82. The largest absolute Gasteiger partial charge is 0.333 e. The van der Waals surface area contributed by atoms with Crippen LogP contribution in [0.15, 0.2) is 18.7 Å². The zero-order valence-electron chi connectivity index (χ0n) is 12.2. The molecule has 0 aromatic carbocycles. The van der Waals surface area contributed by atoms with Gasteiger partial charge in [-0.05, 0) is 37.3 Å². The first-order valence-corrected chi connectivity index (χ1v) is 7.57. The molecular formula is C15H26N4. The molecule has 0 spiro atoms. The predicted octanol–water partition coefficient (Wildman–Crippen LogP) is 1.77. The van der Waals surface area contributed by atoms with Gasteiger partial charge in [-0.1, -0.05) is 13.8 Å². The topological polar surface area (TPSA) is 33.1 Å². The Morgan fingerprint density at radius 3 is 3.05 bits per heavy atom. The zero-order valence-corrected chi connectivity index (χ0v) is 12.2. The fourth-order valence-electron chi connectivity index (χ4n) is 3.66. The second kappa shape index (κ2) is 5.25. The summed E-state index contributed by atoms with van der Waals surface area (Å²) in [5, 5.41) is 3.51. The van der Waals surface area contributed by atoms with Crippen molar-refractivity contribution in [3.63, 3.8) is 0 Å². The van der Waals surface area contributed by atoms with Crippen molar-refractivity contribution in [2.75, 3.05) is 32.7 Å². The van der Waals surface area contributed by atoms with Gasteiger partial charge in [0, 0.05) is 38.1 Å². The van der Waals surface area contributed by atoms with E-state index in [-0.39, 0.29) is 0 Å². The number of piperidine rings is 1. The number of nitrogens with one attached hydrogen (secondary N) is 1. The third-order valence-electron chi connectivity index (χ3n) is 4.97. The van der Waals surface area contributed by atoms with Crippen LogP contribution in [0.3, 0.4) is 0 Å². The molecule has 3 heterocycles. The summed E-state index contributed by atoms with van der Waals surface area (Å²) in [5.41, 5.74) is 0.472. The molecule has 106 valence electrons. The van der Waals surface area contributed by atoms with Gasteiger partial charge in [0.25, 0.3) is 0 Å². The van der Waals surface area contributed by atoms with Crippen LogP contribution in [0.4, 0.5) is 0 Å². The van der Waals surface area contributed by atoms with Crippen LogP contribution in [0, 0.1) is 11.3 Å². The summed E-state index contributed by atoms with van der Waals surface area (Å²) in [4.78, 5) is 6.87. The lowest BCUT2D eigenvalue weighted by Crippen LogP contribution is -2.45. The molecule has 2 aliphatic rings. The number of rotatable bonds is 3. The van der Waals surface area contributed by atoms with Crippen molar-refractivity contribution >= 4 is 0 Å². The molecule has 0 radical (unpaired) electrons. The minimum absolute atomic E-state index is 0.472. The van der Waals surface area contributed by atoms with Crippen molar-refractivity contribution in [2.24, 2.45) is 11.3 Å². The van der Waals surface area contributed by atoms with Crippen molar-refractivity contribution in [3.8, 4) is 0 Å². The Hall–Kier alpha value is -0.870. The summed E-state index contributed by atoms with van der Waals surface area (Å²) in [6, 6.07) is 0.592. The molecule has 2 saturated heterocycles. The van der Waals surface area contributed by atoms with Gasteiger partial charge in [-0.25, -0.2) is 4.98 Å². The van der Waals surface area contributed by atoms with Crippen LogP contribution < -0.4 is 5.32 Å². The van der Waals surface area contributed by atoms with Crippen LogP contribution in [0.1, 0.15) is 32.7 Å². The average molecular weight is 262 g/mol. The first-order chi connectivity index (χ1) is 9.16. The van der Waals surface area contributed by atoms with Crippen LogP contribution in [0.2, 0.25) is 0 Å². The van der Waals surface area contributed by atoms with Crippen molar-refractivity contribution in [1.82, 2.24) is 19.8 Å². The molecule has 2 aliphatic heterocycles. The van der Waals surface area contributed by atoms with Crippen molar-refractivity contribution in [1.29, 1.82) is 0 Å². The van der Waals surface area contributed by atoms with E-state index < -0.39 is 0 Å². The van der Waals surface area contributed by atoms with E-state index in [1.807, 2.05) is 12.5 Å².